The molecule has 0 bridgehead atoms. The van der Waals surface area contributed by atoms with Crippen molar-refractivity contribution in [3.63, 3.8) is 0 Å². The molecule has 0 aromatic rings. The number of hydrogen-bond acceptors (Lipinski definition) is 6. The van der Waals surface area contributed by atoms with Crippen LogP contribution < -0.4 is 0 Å². The van der Waals surface area contributed by atoms with E-state index in [-0.39, 0.29) is 31.1 Å². The first-order valence-corrected chi connectivity index (χ1v) is 35.8. The van der Waals surface area contributed by atoms with Crippen LogP contribution in [0.4, 0.5) is 0 Å². The summed E-state index contributed by atoms with van der Waals surface area (Å²) < 4.78 is 17.0. The van der Waals surface area contributed by atoms with Crippen LogP contribution in [0.25, 0.3) is 0 Å². The van der Waals surface area contributed by atoms with Crippen molar-refractivity contribution in [2.24, 2.45) is 0 Å². The van der Waals surface area contributed by atoms with Crippen molar-refractivity contribution in [1.29, 1.82) is 0 Å². The van der Waals surface area contributed by atoms with Crippen LogP contribution in [0.5, 0.6) is 0 Å². The lowest BCUT2D eigenvalue weighted by Crippen LogP contribution is -2.30. The van der Waals surface area contributed by atoms with Gasteiger partial charge in [-0.15, -0.1) is 0 Å². The van der Waals surface area contributed by atoms with Crippen molar-refractivity contribution in [2.45, 2.75) is 412 Å². The van der Waals surface area contributed by atoms with Gasteiger partial charge in [0.2, 0.25) is 0 Å². The zero-order valence-electron chi connectivity index (χ0n) is 53.7. The first-order valence-electron chi connectivity index (χ1n) is 35.8. The van der Waals surface area contributed by atoms with Crippen LogP contribution >= 0.6 is 0 Å². The maximum Gasteiger partial charge on any atom is 0.306 e. The summed E-state index contributed by atoms with van der Waals surface area (Å²) >= 11 is 0. The summed E-state index contributed by atoms with van der Waals surface area (Å²) in [7, 11) is 0. The molecule has 0 heterocycles. The van der Waals surface area contributed by atoms with Crippen molar-refractivity contribution < 1.29 is 28.6 Å². The molecule has 79 heavy (non-hydrogen) atoms. The average molecular weight is 1110 g/mol. The molecule has 0 aliphatic carbocycles. The molecule has 0 aliphatic heterocycles. The third-order valence-electron chi connectivity index (χ3n) is 16.4. The van der Waals surface area contributed by atoms with Crippen LogP contribution in [-0.2, 0) is 28.6 Å². The lowest BCUT2D eigenvalue weighted by atomic mass is 10.0. The van der Waals surface area contributed by atoms with E-state index in [1.807, 2.05) is 0 Å². The van der Waals surface area contributed by atoms with E-state index in [9.17, 15) is 14.4 Å². The molecule has 0 saturated heterocycles. The standard InChI is InChI=1S/C73H138O6/c1-4-7-10-13-16-19-22-25-28-30-32-33-34-35-36-37-38-39-40-41-42-44-45-48-51-54-57-60-63-66-72(75)78-69-70(68-77-71(74)65-62-59-56-53-50-47-27-24-21-18-15-12-9-6-3)79-73(76)67-64-61-58-55-52-49-46-43-31-29-26-23-20-17-14-11-8-5-2/h24,27,29,31,70H,4-23,25-26,28,30,32-69H2,1-3H3/b27-24-,31-29-. The fourth-order valence-corrected chi connectivity index (χ4v) is 11.0. The van der Waals surface area contributed by atoms with Gasteiger partial charge in [-0.1, -0.05) is 340 Å². The summed E-state index contributed by atoms with van der Waals surface area (Å²) in [6, 6.07) is 0. The van der Waals surface area contributed by atoms with Gasteiger partial charge in [0, 0.05) is 19.3 Å². The molecule has 6 nitrogen and oxygen atoms in total. The van der Waals surface area contributed by atoms with Crippen molar-refractivity contribution in [2.75, 3.05) is 13.2 Å². The fraction of sp³-hybridized carbons (Fsp3) is 0.904. The lowest BCUT2D eigenvalue weighted by molar-refractivity contribution is -0.167. The summed E-state index contributed by atoms with van der Waals surface area (Å²) in [5.74, 6) is -0.854. The first-order chi connectivity index (χ1) is 39.0. The molecule has 1 unspecified atom stereocenters. The molecule has 1 atom stereocenters. The number of ether oxygens (including phenoxy) is 3. The SMILES string of the molecule is CCCCCCC/C=C\CCCCCCCC(=O)OCC(COC(=O)CCCCCCCCCCCCCCCCCCCCCCCCCCCCCCC)OC(=O)CCCCCCCCC/C=C\CCCCCCCCC. The van der Waals surface area contributed by atoms with Crippen LogP contribution in [0.1, 0.15) is 406 Å². The predicted octanol–water partition coefficient (Wildman–Crippen LogP) is 24.6. The Bertz CT molecular complexity index is 1270. The molecular formula is C73H138O6. The number of unbranched alkanes of at least 4 members (excludes halogenated alkanes) is 52. The monoisotopic (exact) mass is 1110 g/mol. The van der Waals surface area contributed by atoms with Crippen LogP contribution in [0, 0.1) is 0 Å². The molecule has 0 aliphatic rings. The van der Waals surface area contributed by atoms with Gasteiger partial charge in [0.1, 0.15) is 13.2 Å². The van der Waals surface area contributed by atoms with E-state index in [0.29, 0.717) is 19.3 Å². The van der Waals surface area contributed by atoms with Gasteiger partial charge < -0.3 is 14.2 Å². The highest BCUT2D eigenvalue weighted by molar-refractivity contribution is 5.71. The predicted molar refractivity (Wildman–Crippen MR) is 344 cm³/mol. The fourth-order valence-electron chi connectivity index (χ4n) is 11.0. The Morgan fingerprint density at radius 3 is 0.633 bits per heavy atom. The second kappa shape index (κ2) is 68.4. The van der Waals surface area contributed by atoms with E-state index in [1.54, 1.807) is 0 Å². The molecule has 0 saturated carbocycles. The van der Waals surface area contributed by atoms with Gasteiger partial charge in [-0.05, 0) is 70.6 Å². The third kappa shape index (κ3) is 66.6. The normalized spacial score (nSPS) is 12.1. The number of carbonyl (C=O) groups excluding carboxylic acids is 3. The number of hydrogen-bond donors (Lipinski definition) is 0. The van der Waals surface area contributed by atoms with E-state index in [4.69, 9.17) is 14.2 Å². The number of rotatable bonds is 67. The van der Waals surface area contributed by atoms with Gasteiger partial charge >= 0.3 is 17.9 Å². The second-order valence-corrected chi connectivity index (χ2v) is 24.5. The largest absolute Gasteiger partial charge is 0.462 e. The second-order valence-electron chi connectivity index (χ2n) is 24.5. The minimum Gasteiger partial charge on any atom is -0.462 e. The topological polar surface area (TPSA) is 78.9 Å². The quantitative estimate of drug-likeness (QED) is 0.0261. The lowest BCUT2D eigenvalue weighted by Gasteiger charge is -2.18. The van der Waals surface area contributed by atoms with Gasteiger partial charge in [0.25, 0.3) is 0 Å². The number of allylic oxidation sites excluding steroid dienone is 4. The van der Waals surface area contributed by atoms with Crippen LogP contribution in [-0.4, -0.2) is 37.2 Å². The van der Waals surface area contributed by atoms with E-state index < -0.39 is 6.10 Å². The summed E-state index contributed by atoms with van der Waals surface area (Å²) in [5.41, 5.74) is 0. The minimum atomic E-state index is -0.775. The Morgan fingerprint density at radius 1 is 0.241 bits per heavy atom. The average Bonchev–Trinajstić information content (AvgIpc) is 3.45. The highest BCUT2D eigenvalue weighted by atomic mass is 16.6. The molecule has 0 amide bonds. The zero-order chi connectivity index (χ0) is 57.1. The molecule has 6 heteroatoms. The Balaban J connectivity index is 4.18. The Hall–Kier alpha value is -2.11. The van der Waals surface area contributed by atoms with Gasteiger partial charge in [0.05, 0.1) is 0 Å². The van der Waals surface area contributed by atoms with Gasteiger partial charge in [-0.25, -0.2) is 0 Å². The third-order valence-corrected chi connectivity index (χ3v) is 16.4. The molecule has 0 aromatic heterocycles. The summed E-state index contributed by atoms with van der Waals surface area (Å²) in [6.45, 7) is 6.70. The summed E-state index contributed by atoms with van der Waals surface area (Å²) in [5, 5.41) is 0. The van der Waals surface area contributed by atoms with Crippen LogP contribution in [0.15, 0.2) is 24.3 Å². The van der Waals surface area contributed by atoms with E-state index in [0.717, 1.165) is 64.2 Å². The summed E-state index contributed by atoms with van der Waals surface area (Å²) in [6.07, 6.45) is 83.6. The van der Waals surface area contributed by atoms with Gasteiger partial charge in [0.15, 0.2) is 6.10 Å². The van der Waals surface area contributed by atoms with Crippen molar-refractivity contribution >= 4 is 17.9 Å². The minimum absolute atomic E-state index is 0.0704. The van der Waals surface area contributed by atoms with Crippen LogP contribution in [0.2, 0.25) is 0 Å². The highest BCUT2D eigenvalue weighted by Gasteiger charge is 2.19. The Morgan fingerprint density at radius 2 is 0.418 bits per heavy atom. The zero-order valence-corrected chi connectivity index (χ0v) is 53.7. The maximum absolute atomic E-state index is 12.9. The molecule has 0 aromatic carbocycles. The Labute approximate surface area is 493 Å². The van der Waals surface area contributed by atoms with Crippen LogP contribution in [0.3, 0.4) is 0 Å². The molecule has 466 valence electrons. The molecule has 0 fully saturated rings. The Kier molecular flexibility index (Phi) is 66.6. The molecule has 0 spiro atoms. The molecule has 0 rings (SSSR count). The van der Waals surface area contributed by atoms with Crippen molar-refractivity contribution in [1.82, 2.24) is 0 Å². The van der Waals surface area contributed by atoms with E-state index >= 15 is 0 Å². The molecule has 0 radical (unpaired) electrons. The van der Waals surface area contributed by atoms with Gasteiger partial charge in [-0.3, -0.25) is 14.4 Å². The van der Waals surface area contributed by atoms with E-state index in [1.165, 1.54) is 302 Å². The van der Waals surface area contributed by atoms with E-state index in [2.05, 4.69) is 45.1 Å². The molecule has 0 N–H and O–H groups in total. The smallest absolute Gasteiger partial charge is 0.306 e. The van der Waals surface area contributed by atoms with Crippen molar-refractivity contribution in [3.05, 3.63) is 24.3 Å². The highest BCUT2D eigenvalue weighted by Crippen LogP contribution is 2.19. The molecular weight excluding hydrogens is 973 g/mol. The summed E-state index contributed by atoms with van der Waals surface area (Å²) in [4.78, 5) is 38.4. The number of carbonyl (C=O) groups is 3. The first kappa shape index (κ1) is 76.9. The number of esters is 3. The van der Waals surface area contributed by atoms with Crippen molar-refractivity contribution in [3.8, 4) is 0 Å². The maximum atomic E-state index is 12.9. The van der Waals surface area contributed by atoms with Gasteiger partial charge in [-0.2, -0.15) is 0 Å².